The largest absolute Gasteiger partial charge is 0.439 e. The summed E-state index contributed by atoms with van der Waals surface area (Å²) in [5, 5.41) is 10.3. The fourth-order valence-corrected chi connectivity index (χ4v) is 4.33. The van der Waals surface area contributed by atoms with Crippen molar-refractivity contribution in [3.63, 3.8) is 0 Å². The number of allylic oxidation sites excluding steroid dienone is 1. The van der Waals surface area contributed by atoms with Gasteiger partial charge in [-0.3, -0.25) is 0 Å². The van der Waals surface area contributed by atoms with Crippen LogP contribution in [-0.2, 0) is 0 Å². The molecular weight excluding hydrogens is 328 g/mol. The molecule has 1 aliphatic heterocycles. The van der Waals surface area contributed by atoms with Crippen LogP contribution in [0.2, 0.25) is 0 Å². The quantitative estimate of drug-likeness (QED) is 0.833. The van der Waals surface area contributed by atoms with Gasteiger partial charge in [-0.1, -0.05) is 44.2 Å². The van der Waals surface area contributed by atoms with Gasteiger partial charge in [0.05, 0.1) is 16.5 Å². The molecule has 1 fully saturated rings. The number of nitrogens with two attached hydrogens (primary N) is 1. The molecule has 1 unspecified atom stereocenters. The molecule has 2 aromatic rings. The molecule has 0 spiro atoms. The predicted octanol–water partition coefficient (Wildman–Crippen LogP) is 4.32. The fourth-order valence-electron chi connectivity index (χ4n) is 4.33. The number of benzene rings is 1. The van der Waals surface area contributed by atoms with Crippen molar-refractivity contribution >= 4 is 11.0 Å². The van der Waals surface area contributed by atoms with Crippen LogP contribution in [0.15, 0.2) is 44.9 Å². The van der Waals surface area contributed by atoms with E-state index in [2.05, 4.69) is 6.07 Å². The van der Waals surface area contributed by atoms with E-state index in [9.17, 15) is 10.1 Å². The number of fused-ring (bicyclic) bond motifs is 3. The maximum absolute atomic E-state index is 12.7. The molecule has 0 bridgehead atoms. The molecule has 1 aromatic heterocycles. The van der Waals surface area contributed by atoms with Crippen LogP contribution in [0.3, 0.4) is 0 Å². The van der Waals surface area contributed by atoms with Crippen molar-refractivity contribution in [3.05, 3.63) is 51.7 Å². The predicted molar refractivity (Wildman–Crippen MR) is 98.5 cm³/mol. The van der Waals surface area contributed by atoms with Gasteiger partial charge in [-0.2, -0.15) is 5.26 Å². The van der Waals surface area contributed by atoms with Gasteiger partial charge in [-0.05, 0) is 30.9 Å². The third-order valence-electron chi connectivity index (χ3n) is 5.68. The molecule has 5 heteroatoms. The van der Waals surface area contributed by atoms with Crippen molar-refractivity contribution in [3.8, 4) is 11.8 Å². The van der Waals surface area contributed by atoms with Crippen LogP contribution in [0.4, 0.5) is 0 Å². The lowest BCUT2D eigenvalue weighted by molar-refractivity contribution is 0.318. The zero-order chi connectivity index (χ0) is 18.1. The van der Waals surface area contributed by atoms with Crippen LogP contribution in [-0.4, -0.2) is 0 Å². The molecule has 1 aliphatic carbocycles. The summed E-state index contributed by atoms with van der Waals surface area (Å²) in [6.45, 7) is 0. The van der Waals surface area contributed by atoms with E-state index < -0.39 is 5.63 Å². The third-order valence-corrected chi connectivity index (χ3v) is 5.68. The molecule has 5 nitrogen and oxygen atoms in total. The summed E-state index contributed by atoms with van der Waals surface area (Å²) < 4.78 is 11.2. The van der Waals surface area contributed by atoms with Crippen LogP contribution in [0.25, 0.3) is 11.0 Å². The van der Waals surface area contributed by atoms with Crippen molar-refractivity contribution in [2.45, 2.75) is 50.9 Å². The minimum absolute atomic E-state index is 0.101. The lowest BCUT2D eigenvalue weighted by Gasteiger charge is -2.28. The molecular formula is C21H22N2O3. The van der Waals surface area contributed by atoms with Crippen molar-refractivity contribution in [1.82, 2.24) is 0 Å². The maximum atomic E-state index is 12.7. The highest BCUT2D eigenvalue weighted by molar-refractivity contribution is 5.85. The van der Waals surface area contributed by atoms with Gasteiger partial charge in [-0.15, -0.1) is 0 Å². The van der Waals surface area contributed by atoms with E-state index in [1.165, 1.54) is 32.1 Å². The molecule has 2 aliphatic rings. The Kier molecular flexibility index (Phi) is 4.42. The summed E-state index contributed by atoms with van der Waals surface area (Å²) in [4.78, 5) is 12.7. The molecule has 4 rings (SSSR count). The standard InChI is InChI=1S/C21H22N2O3/c22-12-16-14(11-10-13-6-2-1-3-7-13)18-19(26-20(16)23)15-8-4-5-9-17(15)25-21(18)24/h4-5,8-9,13-14H,1-3,6-7,10-11,23H2. The van der Waals surface area contributed by atoms with Gasteiger partial charge in [0.2, 0.25) is 5.88 Å². The Morgan fingerprint density at radius 3 is 2.69 bits per heavy atom. The van der Waals surface area contributed by atoms with E-state index in [-0.39, 0.29) is 11.8 Å². The second-order valence-corrected chi connectivity index (χ2v) is 7.25. The molecule has 2 heterocycles. The normalized spacial score (nSPS) is 20.5. The number of rotatable bonds is 3. The van der Waals surface area contributed by atoms with Crippen LogP contribution in [0, 0.1) is 17.2 Å². The van der Waals surface area contributed by atoms with Crippen LogP contribution < -0.4 is 16.1 Å². The van der Waals surface area contributed by atoms with E-state index in [0.29, 0.717) is 40.2 Å². The molecule has 2 N–H and O–H groups in total. The van der Waals surface area contributed by atoms with Gasteiger partial charge in [-0.25, -0.2) is 4.79 Å². The first-order valence-electron chi connectivity index (χ1n) is 9.32. The van der Waals surface area contributed by atoms with Gasteiger partial charge < -0.3 is 14.9 Å². The Bertz CT molecular complexity index is 961. The minimum atomic E-state index is -0.437. The van der Waals surface area contributed by atoms with Gasteiger partial charge in [0, 0.05) is 5.92 Å². The van der Waals surface area contributed by atoms with Crippen LogP contribution in [0.1, 0.15) is 56.4 Å². The molecule has 0 radical (unpaired) electrons. The molecule has 26 heavy (non-hydrogen) atoms. The first-order chi connectivity index (χ1) is 12.7. The maximum Gasteiger partial charge on any atom is 0.343 e. The molecule has 1 saturated carbocycles. The summed E-state index contributed by atoms with van der Waals surface area (Å²) in [6.07, 6.45) is 7.99. The smallest absolute Gasteiger partial charge is 0.343 e. The second kappa shape index (κ2) is 6.87. The number of nitriles is 1. The zero-order valence-corrected chi connectivity index (χ0v) is 14.7. The van der Waals surface area contributed by atoms with Crippen molar-refractivity contribution < 1.29 is 9.15 Å². The third kappa shape index (κ3) is 2.86. The summed E-state index contributed by atoms with van der Waals surface area (Å²) in [6, 6.07) is 9.41. The zero-order valence-electron chi connectivity index (χ0n) is 14.7. The molecule has 1 atom stereocenters. The van der Waals surface area contributed by atoms with E-state index in [1.807, 2.05) is 12.1 Å². The average Bonchev–Trinajstić information content (AvgIpc) is 2.66. The topological polar surface area (TPSA) is 89.3 Å². The summed E-state index contributed by atoms with van der Waals surface area (Å²) in [5.41, 5.74) is 6.86. The average molecular weight is 350 g/mol. The van der Waals surface area contributed by atoms with Crippen LogP contribution >= 0.6 is 0 Å². The molecule has 0 saturated heterocycles. The minimum Gasteiger partial charge on any atom is -0.439 e. The number of nitrogens with zero attached hydrogens (tertiary/aromatic N) is 1. The van der Waals surface area contributed by atoms with Gasteiger partial charge >= 0.3 is 5.63 Å². The summed E-state index contributed by atoms with van der Waals surface area (Å²) in [5.74, 6) is 0.849. The van der Waals surface area contributed by atoms with Crippen molar-refractivity contribution in [2.24, 2.45) is 11.7 Å². The van der Waals surface area contributed by atoms with Crippen LogP contribution in [0.5, 0.6) is 5.75 Å². The first-order valence-corrected chi connectivity index (χ1v) is 9.32. The Morgan fingerprint density at radius 1 is 1.15 bits per heavy atom. The van der Waals surface area contributed by atoms with E-state index in [0.717, 1.165) is 6.42 Å². The number of ether oxygens (including phenoxy) is 1. The fraction of sp³-hybridized carbons (Fsp3) is 0.429. The van der Waals surface area contributed by atoms with E-state index in [4.69, 9.17) is 14.9 Å². The van der Waals surface area contributed by atoms with Crippen molar-refractivity contribution in [2.75, 3.05) is 0 Å². The van der Waals surface area contributed by atoms with E-state index >= 15 is 0 Å². The lowest BCUT2D eigenvalue weighted by atomic mass is 9.80. The van der Waals surface area contributed by atoms with E-state index in [1.54, 1.807) is 12.1 Å². The highest BCUT2D eigenvalue weighted by Gasteiger charge is 2.34. The van der Waals surface area contributed by atoms with Crippen molar-refractivity contribution in [1.29, 1.82) is 5.26 Å². The van der Waals surface area contributed by atoms with Gasteiger partial charge in [0.1, 0.15) is 11.7 Å². The number of para-hydroxylation sites is 1. The Balaban J connectivity index is 1.76. The Hall–Kier alpha value is -2.74. The molecule has 0 amide bonds. The lowest BCUT2D eigenvalue weighted by Crippen LogP contribution is -2.26. The SMILES string of the molecule is N#CC1=C(N)Oc2c(c(=O)oc3ccccc23)C1CCC1CCCCC1. The highest BCUT2D eigenvalue weighted by atomic mass is 16.5. The summed E-state index contributed by atoms with van der Waals surface area (Å²) in [7, 11) is 0. The van der Waals surface area contributed by atoms with Gasteiger partial charge in [0.15, 0.2) is 5.75 Å². The second-order valence-electron chi connectivity index (χ2n) is 7.25. The molecule has 1 aromatic carbocycles. The monoisotopic (exact) mass is 350 g/mol. The number of hydrogen-bond donors (Lipinski definition) is 1. The Labute approximate surface area is 152 Å². The first kappa shape index (κ1) is 16.7. The summed E-state index contributed by atoms with van der Waals surface area (Å²) >= 11 is 0. The molecule has 134 valence electrons. The Morgan fingerprint density at radius 2 is 1.92 bits per heavy atom. The van der Waals surface area contributed by atoms with Gasteiger partial charge in [0.25, 0.3) is 0 Å². The highest BCUT2D eigenvalue weighted by Crippen LogP contribution is 2.43. The number of hydrogen-bond acceptors (Lipinski definition) is 5.